The first-order chi connectivity index (χ1) is 10.4. The highest BCUT2D eigenvalue weighted by Crippen LogP contribution is 2.47. The highest BCUT2D eigenvalue weighted by Gasteiger charge is 2.52. The summed E-state index contributed by atoms with van der Waals surface area (Å²) in [6.07, 6.45) is 1.35. The van der Waals surface area contributed by atoms with Crippen LogP contribution >= 0.6 is 23.4 Å². The van der Waals surface area contributed by atoms with E-state index in [0.717, 1.165) is 12.0 Å². The number of rotatable bonds is 3. The maximum Gasteiger partial charge on any atom is 0.244 e. The lowest BCUT2D eigenvalue weighted by molar-refractivity contribution is -0.138. The molecular formula is C16H19ClN2O2S. The number of nitrogens with one attached hydrogen (secondary N) is 1. The van der Waals surface area contributed by atoms with Gasteiger partial charge in [-0.3, -0.25) is 9.59 Å². The average molecular weight is 339 g/mol. The minimum Gasteiger partial charge on any atom is -0.348 e. The van der Waals surface area contributed by atoms with Crippen LogP contribution in [0.4, 0.5) is 0 Å². The summed E-state index contributed by atoms with van der Waals surface area (Å²) in [4.78, 5) is 26.3. The quantitative estimate of drug-likeness (QED) is 0.921. The monoisotopic (exact) mass is 338 g/mol. The largest absolute Gasteiger partial charge is 0.348 e. The molecule has 0 spiro atoms. The zero-order chi connectivity index (χ0) is 15.9. The molecule has 0 saturated carbocycles. The first-order valence-electron chi connectivity index (χ1n) is 7.43. The number of carbonyl (C=O) groups excluding carboxylic acids is 2. The number of hydrogen-bond donors (Lipinski definition) is 1. The van der Waals surface area contributed by atoms with Crippen LogP contribution in [0.3, 0.4) is 0 Å². The molecule has 3 rings (SSSR count). The Labute approximate surface area is 139 Å². The van der Waals surface area contributed by atoms with Crippen LogP contribution in [0.15, 0.2) is 24.3 Å². The molecule has 2 saturated heterocycles. The molecule has 2 aliphatic heterocycles. The second kappa shape index (κ2) is 5.78. The van der Waals surface area contributed by atoms with Crippen LogP contribution in [-0.4, -0.2) is 33.4 Å². The lowest BCUT2D eigenvalue weighted by atomic mass is 10.1. The molecule has 0 unspecified atom stereocenters. The molecular weight excluding hydrogens is 320 g/mol. The van der Waals surface area contributed by atoms with Crippen molar-refractivity contribution in [1.82, 2.24) is 10.2 Å². The van der Waals surface area contributed by atoms with Crippen LogP contribution in [-0.2, 0) is 9.59 Å². The van der Waals surface area contributed by atoms with Crippen LogP contribution in [0.2, 0.25) is 5.02 Å². The number of carbonyl (C=O) groups is 2. The summed E-state index contributed by atoms with van der Waals surface area (Å²) in [7, 11) is 0. The number of fused-ring (bicyclic) bond motifs is 1. The van der Waals surface area contributed by atoms with E-state index in [2.05, 4.69) is 5.32 Å². The van der Waals surface area contributed by atoms with Gasteiger partial charge >= 0.3 is 0 Å². The Morgan fingerprint density at radius 2 is 2.23 bits per heavy atom. The number of thioether (sulfide) groups is 1. The molecule has 0 aromatic heterocycles. The standard InChI is InChI=1S/C16H19ClN2O2S/c1-10(11-5-3-4-6-12(11)17)18-15(21)13-9-22-16(2)8-7-14(20)19(13)16/h3-6,10,13H,7-9H2,1-2H3,(H,18,21)/t10-,13+,16+/m0/s1. The highest BCUT2D eigenvalue weighted by atomic mass is 35.5. The van der Waals surface area contributed by atoms with Crippen molar-refractivity contribution >= 4 is 35.2 Å². The van der Waals surface area contributed by atoms with Crippen molar-refractivity contribution in [3.8, 4) is 0 Å². The smallest absolute Gasteiger partial charge is 0.244 e. The minimum absolute atomic E-state index is 0.0815. The second-order valence-electron chi connectivity index (χ2n) is 6.02. The Balaban J connectivity index is 1.73. The van der Waals surface area contributed by atoms with Gasteiger partial charge in [0.2, 0.25) is 11.8 Å². The Morgan fingerprint density at radius 1 is 1.50 bits per heavy atom. The molecule has 4 nitrogen and oxygen atoms in total. The van der Waals surface area contributed by atoms with Gasteiger partial charge in [0.1, 0.15) is 6.04 Å². The van der Waals surface area contributed by atoms with Crippen LogP contribution in [0.25, 0.3) is 0 Å². The Kier molecular flexibility index (Phi) is 4.12. The topological polar surface area (TPSA) is 49.4 Å². The van der Waals surface area contributed by atoms with Crippen molar-refractivity contribution in [3.63, 3.8) is 0 Å². The van der Waals surface area contributed by atoms with Crippen molar-refractivity contribution in [2.24, 2.45) is 0 Å². The molecule has 1 aromatic carbocycles. The van der Waals surface area contributed by atoms with Gasteiger partial charge in [-0.15, -0.1) is 11.8 Å². The van der Waals surface area contributed by atoms with E-state index >= 15 is 0 Å². The van der Waals surface area contributed by atoms with Crippen molar-refractivity contribution in [1.29, 1.82) is 0 Å². The van der Waals surface area contributed by atoms with Crippen molar-refractivity contribution in [2.75, 3.05) is 5.75 Å². The third-order valence-corrected chi connectivity index (χ3v) is 6.33. The minimum atomic E-state index is -0.380. The SMILES string of the molecule is C[C@H](NC(=O)[C@H]1CS[C@]2(C)CCC(=O)N12)c1ccccc1Cl. The van der Waals surface area contributed by atoms with Gasteiger partial charge in [-0.1, -0.05) is 29.8 Å². The number of amides is 2. The van der Waals surface area contributed by atoms with Crippen molar-refractivity contribution < 1.29 is 9.59 Å². The molecule has 22 heavy (non-hydrogen) atoms. The van der Waals surface area contributed by atoms with E-state index < -0.39 is 0 Å². The summed E-state index contributed by atoms with van der Waals surface area (Å²) in [6.45, 7) is 3.96. The Morgan fingerprint density at radius 3 is 2.95 bits per heavy atom. The number of hydrogen-bond acceptors (Lipinski definition) is 3. The summed E-state index contributed by atoms with van der Waals surface area (Å²) >= 11 is 7.88. The van der Waals surface area contributed by atoms with Gasteiger partial charge < -0.3 is 10.2 Å². The molecule has 0 aliphatic carbocycles. The van der Waals surface area contributed by atoms with E-state index in [1.807, 2.05) is 38.1 Å². The molecule has 2 aliphatic rings. The summed E-state index contributed by atoms with van der Waals surface area (Å²) < 4.78 is 0. The molecule has 1 N–H and O–H groups in total. The van der Waals surface area contributed by atoms with Crippen LogP contribution in [0, 0.1) is 0 Å². The lowest BCUT2D eigenvalue weighted by Crippen LogP contribution is -2.50. The van der Waals surface area contributed by atoms with Crippen molar-refractivity contribution in [3.05, 3.63) is 34.9 Å². The van der Waals surface area contributed by atoms with Gasteiger partial charge in [0.05, 0.1) is 10.9 Å². The van der Waals surface area contributed by atoms with Crippen molar-refractivity contribution in [2.45, 2.75) is 43.6 Å². The van der Waals surface area contributed by atoms with E-state index in [1.165, 1.54) is 0 Å². The fourth-order valence-corrected chi connectivity index (χ4v) is 4.96. The van der Waals surface area contributed by atoms with Gasteiger partial charge in [0.15, 0.2) is 0 Å². The molecule has 0 radical (unpaired) electrons. The van der Waals surface area contributed by atoms with Gasteiger partial charge in [-0.2, -0.15) is 0 Å². The van der Waals surface area contributed by atoms with E-state index in [-0.39, 0.29) is 28.8 Å². The molecule has 6 heteroatoms. The number of nitrogens with zero attached hydrogens (tertiary/aromatic N) is 1. The fraction of sp³-hybridized carbons (Fsp3) is 0.500. The summed E-state index contributed by atoms with van der Waals surface area (Å²) in [5.41, 5.74) is 0.888. The zero-order valence-electron chi connectivity index (χ0n) is 12.6. The average Bonchev–Trinajstić information content (AvgIpc) is 2.96. The molecule has 2 fully saturated rings. The second-order valence-corrected chi connectivity index (χ2v) is 7.93. The molecule has 2 heterocycles. The summed E-state index contributed by atoms with van der Waals surface area (Å²) in [5, 5.41) is 3.64. The van der Waals surface area contributed by atoms with Gasteiger partial charge in [0.25, 0.3) is 0 Å². The van der Waals surface area contributed by atoms with Crippen LogP contribution in [0.1, 0.15) is 38.3 Å². The normalized spacial score (nSPS) is 28.6. The third kappa shape index (κ3) is 2.61. The van der Waals surface area contributed by atoms with E-state index in [4.69, 9.17) is 11.6 Å². The van der Waals surface area contributed by atoms with Crippen LogP contribution in [0.5, 0.6) is 0 Å². The zero-order valence-corrected chi connectivity index (χ0v) is 14.2. The maximum atomic E-state index is 12.6. The number of benzene rings is 1. The van der Waals surface area contributed by atoms with E-state index in [1.54, 1.807) is 16.7 Å². The maximum absolute atomic E-state index is 12.6. The van der Waals surface area contributed by atoms with Crippen LogP contribution < -0.4 is 5.32 Å². The molecule has 2 amide bonds. The van der Waals surface area contributed by atoms with Gasteiger partial charge in [-0.05, 0) is 31.9 Å². The highest BCUT2D eigenvalue weighted by molar-refractivity contribution is 8.01. The first-order valence-corrected chi connectivity index (χ1v) is 8.80. The number of halogens is 1. The van der Waals surface area contributed by atoms with Gasteiger partial charge in [0, 0.05) is 17.2 Å². The lowest BCUT2D eigenvalue weighted by Gasteiger charge is -2.30. The van der Waals surface area contributed by atoms with E-state index in [0.29, 0.717) is 17.2 Å². The van der Waals surface area contributed by atoms with E-state index in [9.17, 15) is 9.59 Å². The molecule has 118 valence electrons. The summed E-state index contributed by atoms with van der Waals surface area (Å²) in [6, 6.07) is 6.91. The predicted molar refractivity (Wildman–Crippen MR) is 88.7 cm³/mol. The first kappa shape index (κ1) is 15.7. The molecule has 3 atom stereocenters. The molecule has 1 aromatic rings. The summed E-state index contributed by atoms with van der Waals surface area (Å²) in [5.74, 6) is 0.639. The predicted octanol–water partition coefficient (Wildman–Crippen LogP) is 2.97. The molecule has 0 bridgehead atoms. The third-order valence-electron chi connectivity index (χ3n) is 4.48. The Bertz CT molecular complexity index is 624. The Hall–Kier alpha value is -1.20. The van der Waals surface area contributed by atoms with Gasteiger partial charge in [-0.25, -0.2) is 0 Å². The fourth-order valence-electron chi connectivity index (χ4n) is 3.23.